The van der Waals surface area contributed by atoms with E-state index < -0.39 is 0 Å². The number of rotatable bonds is 5. The highest BCUT2D eigenvalue weighted by molar-refractivity contribution is 5.90. The fourth-order valence-corrected chi connectivity index (χ4v) is 1.82. The van der Waals surface area contributed by atoms with Crippen molar-refractivity contribution in [2.45, 2.75) is 19.1 Å². The number of ether oxygens (including phenoxy) is 2. The maximum absolute atomic E-state index is 11.7. The first kappa shape index (κ1) is 12.6. The van der Waals surface area contributed by atoms with Gasteiger partial charge in [-0.2, -0.15) is 0 Å². The van der Waals surface area contributed by atoms with E-state index in [0.29, 0.717) is 13.2 Å². The molecule has 1 aliphatic heterocycles. The molecule has 0 radical (unpaired) electrons. The molecular formula is C14H17NO3. The van der Waals surface area contributed by atoms with Gasteiger partial charge in [0.15, 0.2) is 0 Å². The summed E-state index contributed by atoms with van der Waals surface area (Å²) >= 11 is 0. The molecule has 1 amide bonds. The number of carbonyl (C=O) groups is 1. The molecule has 1 saturated heterocycles. The number of anilines is 1. The van der Waals surface area contributed by atoms with Gasteiger partial charge in [0.1, 0.15) is 6.61 Å². The highest BCUT2D eigenvalue weighted by atomic mass is 16.6. The van der Waals surface area contributed by atoms with E-state index in [1.165, 1.54) is 0 Å². The first-order valence-corrected chi connectivity index (χ1v) is 5.97. The van der Waals surface area contributed by atoms with Gasteiger partial charge in [-0.15, -0.1) is 6.58 Å². The number of hydrogen-bond donors (Lipinski definition) is 0. The van der Waals surface area contributed by atoms with Crippen LogP contribution < -0.4 is 4.90 Å². The molecule has 1 aliphatic rings. The lowest BCUT2D eigenvalue weighted by Crippen LogP contribution is -2.37. The van der Waals surface area contributed by atoms with Gasteiger partial charge in [-0.3, -0.25) is 4.90 Å². The third-order valence-electron chi connectivity index (χ3n) is 2.88. The van der Waals surface area contributed by atoms with Gasteiger partial charge in [0.2, 0.25) is 0 Å². The molecule has 2 atom stereocenters. The van der Waals surface area contributed by atoms with Crippen molar-refractivity contribution < 1.29 is 14.3 Å². The number of carbonyl (C=O) groups excluding carboxylic acids is 1. The van der Waals surface area contributed by atoms with Gasteiger partial charge in [-0.25, -0.2) is 4.79 Å². The molecule has 4 heteroatoms. The number of para-hydroxylation sites is 1. The molecule has 2 unspecified atom stereocenters. The zero-order valence-electron chi connectivity index (χ0n) is 10.4. The highest BCUT2D eigenvalue weighted by Gasteiger charge is 2.34. The minimum atomic E-state index is -0.318. The molecule has 0 spiro atoms. The van der Waals surface area contributed by atoms with Gasteiger partial charge in [0.05, 0.1) is 18.8 Å². The monoisotopic (exact) mass is 247 g/mol. The van der Waals surface area contributed by atoms with Crippen molar-refractivity contribution in [3.05, 3.63) is 43.0 Å². The smallest absolute Gasteiger partial charge is 0.414 e. The summed E-state index contributed by atoms with van der Waals surface area (Å²) in [6, 6.07) is 9.39. The molecule has 1 aromatic carbocycles. The van der Waals surface area contributed by atoms with Crippen LogP contribution >= 0.6 is 0 Å². The number of amides is 1. The van der Waals surface area contributed by atoms with E-state index in [0.717, 1.165) is 5.69 Å². The Bertz CT molecular complexity index is 418. The van der Waals surface area contributed by atoms with Crippen molar-refractivity contribution in [3.8, 4) is 0 Å². The molecule has 0 N–H and O–H groups in total. The van der Waals surface area contributed by atoms with Crippen LogP contribution in [0.15, 0.2) is 43.0 Å². The molecule has 0 aliphatic carbocycles. The Labute approximate surface area is 107 Å². The summed E-state index contributed by atoms with van der Waals surface area (Å²) in [4.78, 5) is 13.4. The Balaban J connectivity index is 2.06. The van der Waals surface area contributed by atoms with E-state index in [1.807, 2.05) is 37.3 Å². The highest BCUT2D eigenvalue weighted by Crippen LogP contribution is 2.23. The van der Waals surface area contributed by atoms with Gasteiger partial charge < -0.3 is 9.47 Å². The van der Waals surface area contributed by atoms with E-state index in [9.17, 15) is 4.79 Å². The number of nitrogens with zero attached hydrogens (tertiary/aromatic N) is 1. The minimum Gasteiger partial charge on any atom is -0.447 e. The van der Waals surface area contributed by atoms with E-state index in [4.69, 9.17) is 9.47 Å². The van der Waals surface area contributed by atoms with E-state index in [-0.39, 0.29) is 18.2 Å². The van der Waals surface area contributed by atoms with Crippen LogP contribution in [0.25, 0.3) is 0 Å². The molecule has 1 heterocycles. The second-order valence-corrected chi connectivity index (χ2v) is 4.21. The van der Waals surface area contributed by atoms with E-state index in [2.05, 4.69) is 6.58 Å². The second-order valence-electron chi connectivity index (χ2n) is 4.21. The van der Waals surface area contributed by atoms with Gasteiger partial charge in [0, 0.05) is 5.69 Å². The fraction of sp³-hybridized carbons (Fsp3) is 0.357. The quantitative estimate of drug-likeness (QED) is 0.751. The summed E-state index contributed by atoms with van der Waals surface area (Å²) in [5.41, 5.74) is 0.833. The lowest BCUT2D eigenvalue weighted by Gasteiger charge is -2.22. The third-order valence-corrected chi connectivity index (χ3v) is 2.88. The molecule has 1 aromatic rings. The number of cyclic esters (lactones) is 1. The van der Waals surface area contributed by atoms with Crippen LogP contribution in [-0.4, -0.2) is 31.5 Å². The zero-order valence-corrected chi connectivity index (χ0v) is 10.4. The average molecular weight is 247 g/mol. The van der Waals surface area contributed by atoms with E-state index >= 15 is 0 Å². The molecule has 0 aromatic heterocycles. The van der Waals surface area contributed by atoms with Crippen LogP contribution in [0.2, 0.25) is 0 Å². The largest absolute Gasteiger partial charge is 0.447 e. The normalized spacial score (nSPS) is 20.6. The standard InChI is InChI=1S/C14H17NO3/c1-3-11(2)17-9-13-10-18-14(16)15(13)12-7-5-4-6-8-12/h3-8,11,13H,1,9-10H2,2H3. The Morgan fingerprint density at radius 1 is 1.56 bits per heavy atom. The molecular weight excluding hydrogens is 230 g/mol. The Hall–Kier alpha value is -1.81. The second kappa shape index (κ2) is 5.69. The summed E-state index contributed by atoms with van der Waals surface area (Å²) in [5.74, 6) is 0. The Kier molecular flexibility index (Phi) is 3.99. The van der Waals surface area contributed by atoms with Crippen LogP contribution in [-0.2, 0) is 9.47 Å². The lowest BCUT2D eigenvalue weighted by molar-refractivity contribution is 0.0818. The maximum Gasteiger partial charge on any atom is 0.414 e. The first-order valence-electron chi connectivity index (χ1n) is 5.97. The van der Waals surface area contributed by atoms with Crippen molar-refractivity contribution in [2.75, 3.05) is 18.1 Å². The summed E-state index contributed by atoms with van der Waals surface area (Å²) in [5, 5.41) is 0. The molecule has 2 rings (SSSR count). The number of hydrogen-bond acceptors (Lipinski definition) is 3. The number of benzene rings is 1. The molecule has 4 nitrogen and oxygen atoms in total. The van der Waals surface area contributed by atoms with Crippen LogP contribution in [0.4, 0.5) is 10.5 Å². The van der Waals surface area contributed by atoms with Crippen LogP contribution in [0.5, 0.6) is 0 Å². The summed E-state index contributed by atoms with van der Waals surface area (Å²) in [7, 11) is 0. The van der Waals surface area contributed by atoms with Crippen molar-refractivity contribution >= 4 is 11.8 Å². The van der Waals surface area contributed by atoms with Gasteiger partial charge >= 0.3 is 6.09 Å². The summed E-state index contributed by atoms with van der Waals surface area (Å²) in [6.07, 6.45) is 1.38. The van der Waals surface area contributed by atoms with Gasteiger partial charge in [-0.05, 0) is 19.1 Å². The molecule has 1 fully saturated rings. The summed E-state index contributed by atoms with van der Waals surface area (Å²) in [6.45, 7) is 6.37. The first-order chi connectivity index (χ1) is 8.72. The summed E-state index contributed by atoms with van der Waals surface area (Å²) < 4.78 is 10.7. The Morgan fingerprint density at radius 3 is 2.94 bits per heavy atom. The molecule has 18 heavy (non-hydrogen) atoms. The van der Waals surface area contributed by atoms with Crippen molar-refractivity contribution in [1.82, 2.24) is 0 Å². The zero-order chi connectivity index (χ0) is 13.0. The third kappa shape index (κ3) is 2.71. The molecule has 0 saturated carbocycles. The van der Waals surface area contributed by atoms with Crippen LogP contribution in [0, 0.1) is 0 Å². The predicted octanol–water partition coefficient (Wildman–Crippen LogP) is 2.60. The Morgan fingerprint density at radius 2 is 2.28 bits per heavy atom. The van der Waals surface area contributed by atoms with Gasteiger partial charge in [-0.1, -0.05) is 24.3 Å². The van der Waals surface area contributed by atoms with Crippen LogP contribution in [0.1, 0.15) is 6.92 Å². The minimum absolute atomic E-state index is 0.0293. The van der Waals surface area contributed by atoms with Crippen LogP contribution in [0.3, 0.4) is 0 Å². The van der Waals surface area contributed by atoms with Crippen molar-refractivity contribution in [3.63, 3.8) is 0 Å². The lowest BCUT2D eigenvalue weighted by atomic mass is 10.2. The van der Waals surface area contributed by atoms with E-state index in [1.54, 1.807) is 11.0 Å². The van der Waals surface area contributed by atoms with Crippen molar-refractivity contribution in [2.24, 2.45) is 0 Å². The maximum atomic E-state index is 11.7. The topological polar surface area (TPSA) is 38.8 Å². The fourth-order valence-electron chi connectivity index (χ4n) is 1.82. The molecule has 0 bridgehead atoms. The SMILES string of the molecule is C=CC(C)OCC1COC(=O)N1c1ccccc1. The van der Waals surface area contributed by atoms with Gasteiger partial charge in [0.25, 0.3) is 0 Å². The molecule has 96 valence electrons. The van der Waals surface area contributed by atoms with Crippen molar-refractivity contribution in [1.29, 1.82) is 0 Å². The average Bonchev–Trinajstić information content (AvgIpc) is 2.78. The predicted molar refractivity (Wildman–Crippen MR) is 69.7 cm³/mol.